The minimum absolute atomic E-state index is 0. The Labute approximate surface area is 304 Å². The van der Waals surface area contributed by atoms with Gasteiger partial charge in [0.05, 0.1) is 11.4 Å². The normalized spacial score (nSPS) is 11.6. The number of ether oxygens (including phenoxy) is 1. The van der Waals surface area contributed by atoms with Gasteiger partial charge >= 0.3 is 21.1 Å². The van der Waals surface area contributed by atoms with Crippen LogP contribution in [0.25, 0.3) is 44.4 Å². The zero-order chi connectivity index (χ0) is 33.7. The topological polar surface area (TPSA) is 44.9 Å². The number of hydrogen-bond acceptors (Lipinski definition) is 3. The molecule has 0 aliphatic rings. The second-order valence-electron chi connectivity index (χ2n) is 13.4. The number of nitrogens with zero attached hydrogens (tertiary/aromatic N) is 4. The molecule has 7 rings (SSSR count). The van der Waals surface area contributed by atoms with Gasteiger partial charge in [0.1, 0.15) is 5.82 Å². The monoisotopic (exact) mass is 825 g/mol. The summed E-state index contributed by atoms with van der Waals surface area (Å²) in [4.78, 5) is 4.77. The Bertz CT molecular complexity index is 2290. The molecular formula is C43H42N4OPt. The molecule has 7 aromatic rings. The first-order valence-corrected chi connectivity index (χ1v) is 17.0. The zero-order valence-electron chi connectivity index (χ0n) is 29.5. The molecule has 250 valence electrons. The van der Waals surface area contributed by atoms with E-state index >= 15 is 0 Å². The number of aromatic nitrogens is 4. The summed E-state index contributed by atoms with van der Waals surface area (Å²) in [5, 5.41) is 7.41. The molecule has 0 unspecified atom stereocenters. The third-order valence-electron chi connectivity index (χ3n) is 9.35. The van der Waals surface area contributed by atoms with Gasteiger partial charge in [-0.05, 0) is 90.6 Å². The van der Waals surface area contributed by atoms with Crippen LogP contribution in [0.4, 0.5) is 0 Å². The van der Waals surface area contributed by atoms with Crippen LogP contribution in [-0.2, 0) is 27.5 Å². The van der Waals surface area contributed by atoms with Crippen LogP contribution in [0.5, 0.6) is 11.5 Å². The molecule has 0 spiro atoms. The van der Waals surface area contributed by atoms with E-state index in [0.717, 1.165) is 51.0 Å². The zero-order valence-corrected chi connectivity index (χ0v) is 31.7. The van der Waals surface area contributed by atoms with E-state index in [1.807, 2.05) is 12.3 Å². The molecule has 0 radical (unpaired) electrons. The molecule has 3 heterocycles. The fourth-order valence-corrected chi connectivity index (χ4v) is 6.92. The van der Waals surface area contributed by atoms with Crippen LogP contribution in [-0.4, -0.2) is 19.3 Å². The van der Waals surface area contributed by atoms with Crippen molar-refractivity contribution < 1.29 is 25.8 Å². The summed E-state index contributed by atoms with van der Waals surface area (Å²) in [6.45, 7) is 17.5. The Balaban J connectivity index is 0.00000417. The third-order valence-corrected chi connectivity index (χ3v) is 9.35. The Morgan fingerprint density at radius 1 is 0.755 bits per heavy atom. The molecule has 0 aliphatic carbocycles. The number of benzene rings is 4. The molecule has 0 aliphatic heterocycles. The third kappa shape index (κ3) is 6.26. The van der Waals surface area contributed by atoms with E-state index in [0.29, 0.717) is 11.5 Å². The van der Waals surface area contributed by atoms with E-state index < -0.39 is 0 Å². The van der Waals surface area contributed by atoms with Crippen LogP contribution in [0.3, 0.4) is 0 Å². The molecule has 0 bridgehead atoms. The summed E-state index contributed by atoms with van der Waals surface area (Å²) in [6, 6.07) is 34.8. The molecule has 5 nitrogen and oxygen atoms in total. The van der Waals surface area contributed by atoms with E-state index in [4.69, 9.17) is 14.8 Å². The van der Waals surface area contributed by atoms with E-state index in [9.17, 15) is 0 Å². The van der Waals surface area contributed by atoms with Gasteiger partial charge in [0.15, 0.2) is 0 Å². The van der Waals surface area contributed by atoms with Gasteiger partial charge in [-0.25, -0.2) is 4.98 Å². The average molecular weight is 826 g/mol. The maximum absolute atomic E-state index is 6.65. The summed E-state index contributed by atoms with van der Waals surface area (Å²) < 4.78 is 10.9. The van der Waals surface area contributed by atoms with Gasteiger partial charge < -0.3 is 9.30 Å². The van der Waals surface area contributed by atoms with E-state index in [1.165, 1.54) is 33.5 Å². The summed E-state index contributed by atoms with van der Waals surface area (Å²) in [5.74, 6) is 2.65. The first-order chi connectivity index (χ1) is 23.1. The first-order valence-electron chi connectivity index (χ1n) is 17.0. The largest absolute Gasteiger partial charge is 2.00 e. The molecule has 0 amide bonds. The molecule has 6 heteroatoms. The Kier molecular flexibility index (Phi) is 9.69. The number of aryl methyl sites for hydroxylation is 4. The Morgan fingerprint density at radius 3 is 2.22 bits per heavy atom. The number of pyridine rings is 1. The van der Waals surface area contributed by atoms with Crippen molar-refractivity contribution in [2.75, 3.05) is 0 Å². The number of para-hydroxylation sites is 1. The molecule has 0 atom stereocenters. The second-order valence-corrected chi connectivity index (χ2v) is 13.4. The van der Waals surface area contributed by atoms with Crippen LogP contribution in [0, 0.1) is 32.9 Å². The van der Waals surface area contributed by atoms with Gasteiger partial charge in [0, 0.05) is 28.8 Å². The molecule has 49 heavy (non-hydrogen) atoms. The molecule has 3 aromatic heterocycles. The summed E-state index contributed by atoms with van der Waals surface area (Å²) in [5.41, 5.74) is 12.4. The van der Waals surface area contributed by atoms with Crippen molar-refractivity contribution >= 4 is 21.8 Å². The second kappa shape index (κ2) is 13.8. The summed E-state index contributed by atoms with van der Waals surface area (Å²) >= 11 is 0. The van der Waals surface area contributed by atoms with Crippen LogP contribution in [0.15, 0.2) is 85.1 Å². The van der Waals surface area contributed by atoms with Crippen molar-refractivity contribution in [2.24, 2.45) is 0 Å². The molecule has 0 saturated heterocycles. The average Bonchev–Trinajstić information content (AvgIpc) is 3.59. The standard InChI is InChI=1S/C43H42N4O.Pt/c1-9-31-19-20-44-40(21-31)46-38-16-11-10-15-36(38)37-18-17-34(25-39(37)46)48-35-23-32(26(2)3)22-33(24-35)47-43(27(4)5)42(30(8)45-47)41-28(6)13-12-14-29(41)7;/h10-23,26-27H,9H2,1-8H3;/q-2;+2. The van der Waals surface area contributed by atoms with Gasteiger partial charge in [-0.15, -0.1) is 41.3 Å². The van der Waals surface area contributed by atoms with Crippen molar-refractivity contribution in [3.8, 4) is 34.1 Å². The smallest absolute Gasteiger partial charge is 0.509 e. The van der Waals surface area contributed by atoms with E-state index in [2.05, 4.69) is 150 Å². The van der Waals surface area contributed by atoms with Crippen molar-refractivity contribution in [2.45, 2.75) is 73.6 Å². The van der Waals surface area contributed by atoms with Gasteiger partial charge in [-0.1, -0.05) is 76.5 Å². The molecule has 4 aromatic carbocycles. The summed E-state index contributed by atoms with van der Waals surface area (Å²) in [7, 11) is 0. The molecule has 0 saturated carbocycles. The molecular weight excluding hydrogens is 784 g/mol. The van der Waals surface area contributed by atoms with Gasteiger partial charge in [0.2, 0.25) is 0 Å². The quantitative estimate of drug-likeness (QED) is 0.143. The van der Waals surface area contributed by atoms with E-state index in [1.54, 1.807) is 0 Å². The van der Waals surface area contributed by atoms with Gasteiger partial charge in [-0.3, -0.25) is 4.68 Å². The van der Waals surface area contributed by atoms with Crippen molar-refractivity contribution in [1.82, 2.24) is 19.3 Å². The van der Waals surface area contributed by atoms with Gasteiger partial charge in [0.25, 0.3) is 0 Å². The van der Waals surface area contributed by atoms with Crippen LogP contribution in [0.2, 0.25) is 0 Å². The van der Waals surface area contributed by atoms with Crippen molar-refractivity contribution in [3.05, 3.63) is 131 Å². The fourth-order valence-electron chi connectivity index (χ4n) is 6.92. The number of fused-ring (bicyclic) bond motifs is 3. The Hall–Kier alpha value is -4.47. The predicted octanol–water partition coefficient (Wildman–Crippen LogP) is 11.2. The van der Waals surface area contributed by atoms with Crippen LogP contribution < -0.4 is 4.74 Å². The summed E-state index contributed by atoms with van der Waals surface area (Å²) in [6.07, 6.45) is 2.83. The van der Waals surface area contributed by atoms with Crippen molar-refractivity contribution in [1.29, 1.82) is 0 Å². The minimum atomic E-state index is 0. The SMILES string of the molecule is CCc1ccnc(-n2c3[c-]c(Oc4[c-]c(-n5nc(C)c(-c6c(C)cccc6C)c5C(C)C)cc(C(C)C)c4)ccc3c3ccccc32)c1.[Pt+2]. The number of hydrogen-bond donors (Lipinski definition) is 0. The molecule has 0 fully saturated rings. The van der Waals surface area contributed by atoms with Crippen molar-refractivity contribution in [3.63, 3.8) is 0 Å². The van der Waals surface area contributed by atoms with E-state index in [-0.39, 0.29) is 32.9 Å². The number of rotatable bonds is 8. The maximum atomic E-state index is 6.65. The first kappa shape index (κ1) is 34.4. The van der Waals surface area contributed by atoms with Crippen LogP contribution in [0.1, 0.15) is 80.1 Å². The Morgan fingerprint density at radius 2 is 1.51 bits per heavy atom. The predicted molar refractivity (Wildman–Crippen MR) is 197 cm³/mol. The van der Waals surface area contributed by atoms with Gasteiger partial charge in [-0.2, -0.15) is 11.2 Å². The minimum Gasteiger partial charge on any atom is -0.509 e. The van der Waals surface area contributed by atoms with Crippen LogP contribution >= 0.6 is 0 Å². The fraction of sp³-hybridized carbons (Fsp3) is 0.256. The molecule has 0 N–H and O–H groups in total. The maximum Gasteiger partial charge on any atom is 2.00 e.